The van der Waals surface area contributed by atoms with Crippen molar-refractivity contribution in [1.29, 1.82) is 0 Å². The summed E-state index contributed by atoms with van der Waals surface area (Å²) in [5, 5.41) is 9.94. The molecule has 3 heterocycles. The maximum Gasteiger partial charge on any atom is 0.332 e. The lowest BCUT2D eigenvalue weighted by molar-refractivity contribution is 0.0127. The van der Waals surface area contributed by atoms with E-state index >= 15 is 0 Å². The first-order chi connectivity index (χ1) is 17.1. The molecule has 1 aromatic carbocycles. The first-order valence-electron chi connectivity index (χ1n) is 11.1. The first kappa shape index (κ1) is 25.5. The number of aliphatic hydroxyl groups excluding tert-OH is 1. The van der Waals surface area contributed by atoms with Crippen molar-refractivity contribution in [3.63, 3.8) is 0 Å². The number of hydrogen-bond acceptors (Lipinski definition) is 6. The van der Waals surface area contributed by atoms with Crippen molar-refractivity contribution in [1.82, 2.24) is 19.1 Å². The Morgan fingerprint density at radius 2 is 1.81 bits per heavy atom. The molecule has 0 aliphatic carbocycles. The van der Waals surface area contributed by atoms with Crippen LogP contribution in [-0.2, 0) is 25.9 Å². The molecule has 1 N–H and O–H groups in total. The molecule has 0 aliphatic rings. The van der Waals surface area contributed by atoms with Crippen LogP contribution < -0.4 is 16.0 Å². The SMILES string of the molecule is Cn1c(=O)n(CCCO)c(=O)c2c(Cc3ccc(Cl)cc3)c(Oc3ccc(C(C)(F)F)nc3)cnc21. The van der Waals surface area contributed by atoms with E-state index in [0.29, 0.717) is 10.6 Å². The fraction of sp³-hybridized carbons (Fsp3) is 0.280. The summed E-state index contributed by atoms with van der Waals surface area (Å²) in [7, 11) is 1.51. The minimum atomic E-state index is -3.10. The van der Waals surface area contributed by atoms with Crippen LogP contribution in [0.2, 0.25) is 5.02 Å². The lowest BCUT2D eigenvalue weighted by Crippen LogP contribution is -2.40. The molecule has 0 atom stereocenters. The van der Waals surface area contributed by atoms with E-state index in [1.54, 1.807) is 24.3 Å². The first-order valence-corrected chi connectivity index (χ1v) is 11.5. The van der Waals surface area contributed by atoms with E-state index in [9.17, 15) is 23.5 Å². The molecule has 0 bridgehead atoms. The van der Waals surface area contributed by atoms with Gasteiger partial charge in [-0.15, -0.1) is 0 Å². The van der Waals surface area contributed by atoms with Gasteiger partial charge in [0.1, 0.15) is 22.8 Å². The Morgan fingerprint density at radius 3 is 2.42 bits per heavy atom. The lowest BCUT2D eigenvalue weighted by Gasteiger charge is -2.17. The summed E-state index contributed by atoms with van der Waals surface area (Å²) in [6.07, 6.45) is 3.00. The van der Waals surface area contributed by atoms with Gasteiger partial charge >= 0.3 is 5.69 Å². The van der Waals surface area contributed by atoms with E-state index in [1.165, 1.54) is 30.1 Å². The summed E-state index contributed by atoms with van der Waals surface area (Å²) in [5.41, 5.74) is -0.103. The number of aliphatic hydroxyl groups is 1. The van der Waals surface area contributed by atoms with Crippen molar-refractivity contribution in [3.8, 4) is 11.5 Å². The number of hydrogen-bond donors (Lipinski definition) is 1. The Kier molecular flexibility index (Phi) is 7.18. The second kappa shape index (κ2) is 10.2. The van der Waals surface area contributed by atoms with Crippen LogP contribution in [0.4, 0.5) is 8.78 Å². The Morgan fingerprint density at radius 1 is 1.08 bits per heavy atom. The van der Waals surface area contributed by atoms with Crippen molar-refractivity contribution in [2.75, 3.05) is 6.61 Å². The minimum Gasteiger partial charge on any atom is -0.454 e. The molecule has 4 rings (SSSR count). The van der Waals surface area contributed by atoms with Crippen LogP contribution in [0.3, 0.4) is 0 Å². The van der Waals surface area contributed by atoms with E-state index in [2.05, 4.69) is 9.97 Å². The molecule has 4 aromatic rings. The molecule has 0 spiro atoms. The van der Waals surface area contributed by atoms with Crippen molar-refractivity contribution in [2.45, 2.75) is 32.2 Å². The number of fused-ring (bicyclic) bond motifs is 1. The Bertz CT molecular complexity index is 1510. The third-order valence-corrected chi connectivity index (χ3v) is 5.92. The van der Waals surface area contributed by atoms with Crippen LogP contribution in [0, 0.1) is 0 Å². The zero-order valence-corrected chi connectivity index (χ0v) is 20.3. The van der Waals surface area contributed by atoms with Crippen LogP contribution in [0.25, 0.3) is 11.0 Å². The molecule has 0 aliphatic heterocycles. The summed E-state index contributed by atoms with van der Waals surface area (Å²) in [4.78, 5) is 34.4. The van der Waals surface area contributed by atoms with Gasteiger partial charge in [-0.1, -0.05) is 23.7 Å². The number of rotatable bonds is 8. The lowest BCUT2D eigenvalue weighted by atomic mass is 10.0. The van der Waals surface area contributed by atoms with Gasteiger partial charge < -0.3 is 9.84 Å². The highest BCUT2D eigenvalue weighted by atomic mass is 35.5. The molecule has 0 amide bonds. The summed E-state index contributed by atoms with van der Waals surface area (Å²) < 4.78 is 35.4. The number of pyridine rings is 2. The van der Waals surface area contributed by atoms with Crippen molar-refractivity contribution in [2.24, 2.45) is 7.05 Å². The monoisotopic (exact) mass is 516 g/mol. The molecule has 3 aromatic heterocycles. The van der Waals surface area contributed by atoms with Crippen LogP contribution >= 0.6 is 11.6 Å². The smallest absolute Gasteiger partial charge is 0.332 e. The minimum absolute atomic E-state index is 0.0278. The number of aryl methyl sites for hydroxylation is 1. The zero-order valence-electron chi connectivity index (χ0n) is 19.5. The topological polar surface area (TPSA) is 99.2 Å². The maximum atomic E-state index is 13.6. The number of benzene rings is 1. The molecule has 8 nitrogen and oxygen atoms in total. The molecule has 11 heteroatoms. The van der Waals surface area contributed by atoms with Gasteiger partial charge in [-0.2, -0.15) is 8.78 Å². The number of nitrogens with zero attached hydrogens (tertiary/aromatic N) is 4. The highest BCUT2D eigenvalue weighted by Crippen LogP contribution is 2.32. The van der Waals surface area contributed by atoms with Gasteiger partial charge in [0.25, 0.3) is 11.5 Å². The summed E-state index contributed by atoms with van der Waals surface area (Å²) >= 11 is 6.02. The summed E-state index contributed by atoms with van der Waals surface area (Å²) in [6, 6.07) is 9.53. The van der Waals surface area contributed by atoms with Crippen molar-refractivity contribution in [3.05, 3.63) is 91.5 Å². The number of ether oxygens (including phenoxy) is 1. The zero-order chi connectivity index (χ0) is 26.0. The average molecular weight is 517 g/mol. The highest BCUT2D eigenvalue weighted by Gasteiger charge is 2.26. The second-order valence-corrected chi connectivity index (χ2v) is 8.78. The van der Waals surface area contributed by atoms with Gasteiger partial charge in [0.05, 0.1) is 17.8 Å². The predicted molar refractivity (Wildman–Crippen MR) is 131 cm³/mol. The third-order valence-electron chi connectivity index (χ3n) is 5.67. The number of aromatic nitrogens is 4. The molecule has 0 fully saturated rings. The van der Waals surface area contributed by atoms with Crippen LogP contribution in [0.15, 0.2) is 58.4 Å². The van der Waals surface area contributed by atoms with E-state index in [1.807, 2.05) is 0 Å². The van der Waals surface area contributed by atoms with Crippen molar-refractivity contribution >= 4 is 22.6 Å². The van der Waals surface area contributed by atoms with E-state index < -0.39 is 22.9 Å². The summed E-state index contributed by atoms with van der Waals surface area (Å²) in [5.74, 6) is -2.72. The van der Waals surface area contributed by atoms with Gasteiger partial charge in [0.15, 0.2) is 0 Å². The standard InChI is InChI=1S/C25H23ClF2N4O4/c1-25(27,28)20-9-8-17(13-29-20)36-19-14-30-22-21(18(19)12-15-4-6-16(26)7-5-15)23(34)32(10-3-11-33)24(35)31(22)2/h4-9,13-14,33H,3,10-12H2,1-2H3. The number of alkyl halides is 2. The van der Waals surface area contributed by atoms with Crippen molar-refractivity contribution < 1.29 is 18.6 Å². The fourth-order valence-electron chi connectivity index (χ4n) is 3.82. The Balaban J connectivity index is 1.90. The van der Waals surface area contributed by atoms with Gasteiger partial charge in [-0.3, -0.25) is 18.9 Å². The Labute approximate surface area is 209 Å². The normalized spacial score (nSPS) is 11.7. The van der Waals surface area contributed by atoms with Crippen LogP contribution in [0.1, 0.15) is 30.2 Å². The molecule has 0 radical (unpaired) electrons. The van der Waals surface area contributed by atoms with E-state index in [0.717, 1.165) is 23.1 Å². The quantitative estimate of drug-likeness (QED) is 0.380. The molecular weight excluding hydrogens is 494 g/mol. The molecule has 0 saturated heterocycles. The average Bonchev–Trinajstić information content (AvgIpc) is 2.84. The molecule has 36 heavy (non-hydrogen) atoms. The molecule has 188 valence electrons. The van der Waals surface area contributed by atoms with Gasteiger partial charge in [-0.05, 0) is 36.2 Å². The largest absolute Gasteiger partial charge is 0.454 e. The maximum absolute atomic E-state index is 13.6. The summed E-state index contributed by atoms with van der Waals surface area (Å²) in [6.45, 7) is 0.589. The molecule has 0 saturated carbocycles. The number of halogens is 3. The van der Waals surface area contributed by atoms with Gasteiger partial charge in [0, 0.05) is 44.1 Å². The Hall–Kier alpha value is -3.63. The third kappa shape index (κ3) is 5.14. The van der Waals surface area contributed by atoms with E-state index in [4.69, 9.17) is 16.3 Å². The van der Waals surface area contributed by atoms with Crippen LogP contribution in [0.5, 0.6) is 11.5 Å². The van der Waals surface area contributed by atoms with E-state index in [-0.39, 0.29) is 48.5 Å². The highest BCUT2D eigenvalue weighted by molar-refractivity contribution is 6.30. The molecule has 0 unspecified atom stereocenters. The second-order valence-electron chi connectivity index (χ2n) is 8.35. The fourth-order valence-corrected chi connectivity index (χ4v) is 3.94. The molecular formula is C25H23ClF2N4O4. The predicted octanol–water partition coefficient (Wildman–Crippen LogP) is 4.02. The van der Waals surface area contributed by atoms with Gasteiger partial charge in [0.2, 0.25) is 0 Å². The van der Waals surface area contributed by atoms with Crippen LogP contribution in [-0.4, -0.2) is 30.8 Å². The van der Waals surface area contributed by atoms with Gasteiger partial charge in [-0.25, -0.2) is 9.78 Å².